The van der Waals surface area contributed by atoms with Gasteiger partial charge in [-0.2, -0.15) is 0 Å². The monoisotopic (exact) mass is 764 g/mol. The Labute approximate surface area is 343 Å². The van der Waals surface area contributed by atoms with Crippen LogP contribution < -0.4 is 0 Å². The van der Waals surface area contributed by atoms with Crippen LogP contribution in [0.3, 0.4) is 0 Å². The second-order valence-electron chi connectivity index (χ2n) is 15.6. The minimum atomic E-state index is 0.558. The maximum atomic E-state index is 7.05. The maximum absolute atomic E-state index is 7.05. The van der Waals surface area contributed by atoms with Crippen molar-refractivity contribution in [3.8, 4) is 39.9 Å². The lowest BCUT2D eigenvalue weighted by Crippen LogP contribution is -2.00. The van der Waals surface area contributed by atoms with Crippen molar-refractivity contribution in [1.29, 1.82) is 0 Å². The van der Waals surface area contributed by atoms with Gasteiger partial charge in [0.1, 0.15) is 11.2 Å². The second kappa shape index (κ2) is 12.7. The first kappa shape index (κ1) is 32.9. The Morgan fingerprint density at radius 2 is 0.933 bits per heavy atom. The van der Waals surface area contributed by atoms with Gasteiger partial charge in [-0.05, 0) is 68.7 Å². The minimum absolute atomic E-state index is 0.558. The Balaban J connectivity index is 1.09. The van der Waals surface area contributed by atoms with Crippen molar-refractivity contribution >= 4 is 86.8 Å². The van der Waals surface area contributed by atoms with E-state index in [-0.39, 0.29) is 0 Å². The average molecular weight is 765 g/mol. The number of furan rings is 1. The summed E-state index contributed by atoms with van der Waals surface area (Å²) >= 11 is 0. The summed E-state index contributed by atoms with van der Waals surface area (Å²) < 4.78 is 9.51. The van der Waals surface area contributed by atoms with Crippen LogP contribution in [-0.2, 0) is 0 Å². The quantitative estimate of drug-likeness (QED) is 0.179. The Morgan fingerprint density at radius 1 is 0.333 bits per heavy atom. The van der Waals surface area contributed by atoms with Crippen molar-refractivity contribution in [2.45, 2.75) is 0 Å². The van der Waals surface area contributed by atoms with Gasteiger partial charge in [-0.3, -0.25) is 0 Å². The van der Waals surface area contributed by atoms with Crippen molar-refractivity contribution < 1.29 is 4.42 Å². The number of fused-ring (bicyclic) bond motifs is 12. The molecule has 0 atom stereocenters. The van der Waals surface area contributed by atoms with E-state index in [0.29, 0.717) is 17.5 Å². The summed E-state index contributed by atoms with van der Waals surface area (Å²) in [6.45, 7) is 0. The number of hydrogen-bond acceptors (Lipinski definition) is 4. The van der Waals surface area contributed by atoms with E-state index in [4.69, 9.17) is 19.4 Å². The van der Waals surface area contributed by atoms with Crippen LogP contribution in [0.4, 0.5) is 0 Å². The molecule has 0 aliphatic rings. The second-order valence-corrected chi connectivity index (χ2v) is 15.6. The van der Waals surface area contributed by atoms with Gasteiger partial charge in [0.15, 0.2) is 17.5 Å². The van der Waals surface area contributed by atoms with E-state index < -0.39 is 0 Å². The molecule has 5 heteroatoms. The molecule has 13 rings (SSSR count). The zero-order valence-electron chi connectivity index (χ0n) is 32.2. The van der Waals surface area contributed by atoms with Crippen LogP contribution in [0.1, 0.15) is 0 Å². The van der Waals surface area contributed by atoms with E-state index in [1.165, 1.54) is 37.7 Å². The average Bonchev–Trinajstić information content (AvgIpc) is 3.86. The molecular weight excluding hydrogens is 733 g/mol. The third-order valence-corrected chi connectivity index (χ3v) is 12.2. The van der Waals surface area contributed by atoms with Crippen LogP contribution in [0.15, 0.2) is 199 Å². The molecule has 3 heterocycles. The van der Waals surface area contributed by atoms with Crippen molar-refractivity contribution in [3.63, 3.8) is 0 Å². The van der Waals surface area contributed by atoms with Gasteiger partial charge in [-0.25, -0.2) is 15.0 Å². The highest BCUT2D eigenvalue weighted by molar-refractivity contribution is 6.25. The van der Waals surface area contributed by atoms with E-state index in [1.807, 2.05) is 30.3 Å². The van der Waals surface area contributed by atoms with E-state index in [0.717, 1.165) is 71.5 Å². The smallest absolute Gasteiger partial charge is 0.167 e. The van der Waals surface area contributed by atoms with Crippen LogP contribution in [0.25, 0.3) is 127 Å². The fourth-order valence-electron chi connectivity index (χ4n) is 9.36. The zero-order valence-corrected chi connectivity index (χ0v) is 32.2. The van der Waals surface area contributed by atoms with Gasteiger partial charge in [0.25, 0.3) is 0 Å². The fraction of sp³-hybridized carbons (Fsp3) is 0. The SMILES string of the molecule is c1ccc(-c2nc(-c3ccc4ccccc4c3)nc(-c3cccc4c3oc3c5ccccc5c(-n5c6cc7ccccc7cc6c6c7ccccc7ccc65)cc43)n2)cc1. The lowest BCUT2D eigenvalue weighted by molar-refractivity contribution is 0.673. The van der Waals surface area contributed by atoms with Gasteiger partial charge >= 0.3 is 0 Å². The first-order chi connectivity index (χ1) is 29.7. The Hall–Kier alpha value is -8.15. The molecule has 13 aromatic rings. The van der Waals surface area contributed by atoms with Crippen LogP contribution in [0.2, 0.25) is 0 Å². The van der Waals surface area contributed by atoms with Gasteiger partial charge in [-0.1, -0.05) is 158 Å². The van der Waals surface area contributed by atoms with Crippen LogP contribution in [-0.4, -0.2) is 19.5 Å². The predicted molar refractivity (Wildman–Crippen MR) is 248 cm³/mol. The molecule has 60 heavy (non-hydrogen) atoms. The summed E-state index contributed by atoms with van der Waals surface area (Å²) in [5, 5.41) is 13.9. The standard InChI is InChI=1S/C55H32N4O/c1-2-15-35(16-3-1)53-56-54(39-26-25-33-13-4-5-17-36(33)29-39)58-55(57-53)44-24-12-23-43-45-32-49(41-21-10-11-22-42(41)52(45)60-51(43)44)59-47-28-27-34-14-8-9-20-40(34)50(47)46-30-37-18-6-7-19-38(37)31-48(46)59/h1-32H. The fourth-order valence-corrected chi connectivity index (χ4v) is 9.36. The molecule has 0 aliphatic carbocycles. The summed E-state index contributed by atoms with van der Waals surface area (Å²) in [6.07, 6.45) is 0. The molecule has 0 saturated carbocycles. The molecule has 0 radical (unpaired) electrons. The van der Waals surface area contributed by atoms with E-state index in [1.54, 1.807) is 0 Å². The van der Waals surface area contributed by atoms with E-state index in [9.17, 15) is 0 Å². The summed E-state index contributed by atoms with van der Waals surface area (Å²) in [7, 11) is 0. The summed E-state index contributed by atoms with van der Waals surface area (Å²) in [6, 6.07) is 68.7. The topological polar surface area (TPSA) is 56.7 Å². The molecule has 0 unspecified atom stereocenters. The molecule has 3 aromatic heterocycles. The zero-order chi connectivity index (χ0) is 39.3. The molecule has 0 fully saturated rings. The lowest BCUT2D eigenvalue weighted by atomic mass is 10.0. The van der Waals surface area contributed by atoms with Crippen molar-refractivity contribution in [2.75, 3.05) is 0 Å². The number of para-hydroxylation sites is 1. The van der Waals surface area contributed by atoms with Crippen molar-refractivity contribution in [2.24, 2.45) is 0 Å². The Kier molecular flexibility index (Phi) is 6.95. The van der Waals surface area contributed by atoms with Gasteiger partial charge in [-0.15, -0.1) is 0 Å². The third-order valence-electron chi connectivity index (χ3n) is 12.2. The highest BCUT2D eigenvalue weighted by atomic mass is 16.3. The largest absolute Gasteiger partial charge is 0.455 e. The predicted octanol–water partition coefficient (Wildman–Crippen LogP) is 14.5. The Bertz CT molecular complexity index is 3900. The van der Waals surface area contributed by atoms with Crippen molar-refractivity contribution in [1.82, 2.24) is 19.5 Å². The van der Waals surface area contributed by atoms with E-state index >= 15 is 0 Å². The van der Waals surface area contributed by atoms with Gasteiger partial charge in [0, 0.05) is 43.4 Å². The lowest BCUT2D eigenvalue weighted by Gasteiger charge is -2.13. The molecular formula is C55H32N4O. The molecule has 0 spiro atoms. The normalized spacial score (nSPS) is 12.0. The van der Waals surface area contributed by atoms with Gasteiger partial charge in [0.05, 0.1) is 22.3 Å². The molecule has 0 N–H and O–H groups in total. The van der Waals surface area contributed by atoms with Gasteiger partial charge < -0.3 is 8.98 Å². The summed E-state index contributed by atoms with van der Waals surface area (Å²) in [5.41, 5.74) is 7.66. The highest BCUT2D eigenvalue weighted by Gasteiger charge is 2.23. The first-order valence-electron chi connectivity index (χ1n) is 20.3. The maximum Gasteiger partial charge on any atom is 0.167 e. The molecule has 5 nitrogen and oxygen atoms in total. The molecule has 10 aromatic carbocycles. The third kappa shape index (κ3) is 4.90. The molecule has 0 saturated heterocycles. The van der Waals surface area contributed by atoms with Crippen LogP contribution in [0, 0.1) is 0 Å². The Morgan fingerprint density at radius 3 is 1.75 bits per heavy atom. The number of hydrogen-bond donors (Lipinski definition) is 0. The number of benzene rings is 10. The number of nitrogens with zero attached hydrogens (tertiary/aromatic N) is 4. The van der Waals surface area contributed by atoms with Gasteiger partial charge in [0.2, 0.25) is 0 Å². The summed E-state index contributed by atoms with van der Waals surface area (Å²) in [5.74, 6) is 1.77. The molecule has 0 amide bonds. The molecule has 0 aliphatic heterocycles. The van der Waals surface area contributed by atoms with Crippen molar-refractivity contribution in [3.05, 3.63) is 194 Å². The molecule has 278 valence electrons. The summed E-state index contributed by atoms with van der Waals surface area (Å²) in [4.78, 5) is 15.4. The van der Waals surface area contributed by atoms with Crippen LogP contribution in [0.5, 0.6) is 0 Å². The molecule has 0 bridgehead atoms. The van der Waals surface area contributed by atoms with E-state index in [2.05, 4.69) is 168 Å². The highest BCUT2D eigenvalue weighted by Crippen LogP contribution is 2.44. The first-order valence-corrected chi connectivity index (χ1v) is 20.3. The minimum Gasteiger partial charge on any atom is -0.455 e. The number of aromatic nitrogens is 4. The van der Waals surface area contributed by atoms with Crippen LogP contribution >= 0.6 is 0 Å². The number of rotatable bonds is 4.